The quantitative estimate of drug-likeness (QED) is 0.366. The number of rotatable bonds is 2. The maximum absolute atomic E-state index is 12.3. The van der Waals surface area contributed by atoms with Crippen LogP contribution in [0.4, 0.5) is 5.69 Å². The van der Waals surface area contributed by atoms with Crippen LogP contribution in [0.5, 0.6) is 0 Å². The van der Waals surface area contributed by atoms with Gasteiger partial charge in [-0.15, -0.1) is 0 Å². The fourth-order valence-electron chi connectivity index (χ4n) is 2.74. The normalized spacial score (nSPS) is 21.2. The molecule has 0 saturated carbocycles. The molecule has 1 N–H and O–H groups in total. The maximum atomic E-state index is 12.3. The number of nitro groups is 1. The molecule has 1 unspecified atom stereocenters. The van der Waals surface area contributed by atoms with Gasteiger partial charge in [-0.05, 0) is 12.5 Å². The molecule has 2 heterocycles. The molecule has 3 rings (SSSR count). The van der Waals surface area contributed by atoms with E-state index in [1.54, 1.807) is 0 Å². The number of nitrogens with zero attached hydrogens (tertiary/aromatic N) is 2. The van der Waals surface area contributed by atoms with Crippen LogP contribution in [0.1, 0.15) is 28.8 Å². The zero-order valence-electron chi connectivity index (χ0n) is 10.9. The second-order valence-electron chi connectivity index (χ2n) is 4.96. The summed E-state index contributed by atoms with van der Waals surface area (Å²) in [6.45, 7) is 0.0115. The monoisotopic (exact) mass is 290 g/mol. The largest absolute Gasteiger partial charge is 0.322 e. The van der Waals surface area contributed by atoms with Crippen molar-refractivity contribution in [1.29, 1.82) is 0 Å². The average molecular weight is 290 g/mol. The van der Waals surface area contributed by atoms with E-state index < -0.39 is 22.8 Å². The van der Waals surface area contributed by atoms with Gasteiger partial charge < -0.3 is 4.90 Å². The Kier molecular flexibility index (Phi) is 2.93. The van der Waals surface area contributed by atoms with Crippen molar-refractivity contribution in [1.82, 2.24) is 10.2 Å². The van der Waals surface area contributed by atoms with E-state index in [4.69, 9.17) is 0 Å². The third-order valence-corrected chi connectivity index (χ3v) is 3.75. The summed E-state index contributed by atoms with van der Waals surface area (Å²) in [5.74, 6) is -1.32. The molecule has 21 heavy (non-hydrogen) atoms. The van der Waals surface area contributed by atoms with Crippen LogP contribution in [-0.2, 0) is 16.1 Å². The van der Waals surface area contributed by atoms with Gasteiger partial charge in [-0.2, -0.15) is 0 Å². The SMILES string of the molecule is O=C1CCC(N2Cc3c(cccc3[N+](=O)[O-])C2=O)C(=O)[15NH]1. The molecule has 0 radical (unpaired) electrons. The highest BCUT2D eigenvalue weighted by Crippen LogP contribution is 2.33. The Hall–Kier alpha value is -2.77. The van der Waals surface area contributed by atoms with Crippen molar-refractivity contribution in [2.45, 2.75) is 25.4 Å². The Balaban J connectivity index is 1.94. The summed E-state index contributed by atoms with van der Waals surface area (Å²) in [4.78, 5) is 47.1. The first-order valence-electron chi connectivity index (χ1n) is 6.40. The summed E-state index contributed by atoms with van der Waals surface area (Å²) in [6.07, 6.45) is 0.386. The second-order valence-corrected chi connectivity index (χ2v) is 4.96. The van der Waals surface area contributed by atoms with Crippen LogP contribution in [0.25, 0.3) is 0 Å². The molecular weight excluding hydrogens is 279 g/mol. The van der Waals surface area contributed by atoms with Crippen molar-refractivity contribution in [3.8, 4) is 0 Å². The van der Waals surface area contributed by atoms with Crippen molar-refractivity contribution in [3.05, 3.63) is 39.4 Å². The number of fused-ring (bicyclic) bond motifs is 1. The lowest BCUT2D eigenvalue weighted by Gasteiger charge is -2.29. The maximum Gasteiger partial charge on any atom is 0.275 e. The number of nitrogens with one attached hydrogen (secondary N) is 1. The molecule has 0 aromatic heterocycles. The van der Waals surface area contributed by atoms with E-state index in [0.717, 1.165) is 0 Å². The van der Waals surface area contributed by atoms with Gasteiger partial charge in [0.2, 0.25) is 11.8 Å². The first kappa shape index (κ1) is 13.2. The topological polar surface area (TPSA) is 110 Å². The molecule has 1 fully saturated rings. The minimum atomic E-state index is -0.762. The van der Waals surface area contributed by atoms with Crippen molar-refractivity contribution in [2.24, 2.45) is 0 Å². The molecule has 0 aliphatic carbocycles. The molecule has 2 aliphatic heterocycles. The fraction of sp³-hybridized carbons (Fsp3) is 0.308. The van der Waals surface area contributed by atoms with Gasteiger partial charge in [0.05, 0.1) is 22.6 Å². The Morgan fingerprint density at radius 3 is 2.71 bits per heavy atom. The van der Waals surface area contributed by atoms with Gasteiger partial charge in [0.15, 0.2) is 0 Å². The van der Waals surface area contributed by atoms with Crippen molar-refractivity contribution >= 4 is 23.4 Å². The van der Waals surface area contributed by atoms with E-state index in [-0.39, 0.29) is 36.5 Å². The minimum Gasteiger partial charge on any atom is -0.322 e. The Labute approximate surface area is 118 Å². The molecule has 1 saturated heterocycles. The molecule has 3 amide bonds. The summed E-state index contributed by atoms with van der Waals surface area (Å²) in [6, 6.07) is 3.53. The Morgan fingerprint density at radius 1 is 1.29 bits per heavy atom. The van der Waals surface area contributed by atoms with Gasteiger partial charge in [-0.25, -0.2) is 0 Å². The molecule has 1 atom stereocenters. The van der Waals surface area contributed by atoms with Crippen molar-refractivity contribution < 1.29 is 19.3 Å². The van der Waals surface area contributed by atoms with E-state index in [9.17, 15) is 24.5 Å². The van der Waals surface area contributed by atoms with Gasteiger partial charge in [0.1, 0.15) is 6.04 Å². The Morgan fingerprint density at radius 2 is 2.05 bits per heavy atom. The minimum absolute atomic E-state index is 0.0115. The summed E-state index contributed by atoms with van der Waals surface area (Å²) < 4.78 is 0. The number of carbonyl (C=O) groups is 3. The van der Waals surface area contributed by atoms with Gasteiger partial charge in [0, 0.05) is 12.5 Å². The van der Waals surface area contributed by atoms with Gasteiger partial charge >= 0.3 is 0 Å². The van der Waals surface area contributed by atoms with Crippen LogP contribution >= 0.6 is 0 Å². The molecule has 8 heteroatoms. The van der Waals surface area contributed by atoms with Crippen molar-refractivity contribution in [3.63, 3.8) is 0 Å². The number of nitro benzene ring substituents is 1. The number of benzene rings is 1. The van der Waals surface area contributed by atoms with Crippen LogP contribution in [-0.4, -0.2) is 33.6 Å². The number of imide groups is 1. The molecule has 2 aliphatic rings. The van der Waals surface area contributed by atoms with Crippen LogP contribution < -0.4 is 5.32 Å². The number of carbonyl (C=O) groups excluding carboxylic acids is 3. The first-order valence-corrected chi connectivity index (χ1v) is 6.40. The van der Waals surface area contributed by atoms with E-state index >= 15 is 0 Å². The number of hydrogen-bond donors (Lipinski definition) is 1. The summed E-state index contributed by atoms with van der Waals surface area (Å²) >= 11 is 0. The zero-order valence-corrected chi connectivity index (χ0v) is 10.9. The molecule has 0 bridgehead atoms. The van der Waals surface area contributed by atoms with E-state index in [2.05, 4.69) is 5.32 Å². The molecule has 1 aromatic rings. The number of hydrogen-bond acceptors (Lipinski definition) is 5. The highest BCUT2D eigenvalue weighted by Gasteiger charge is 2.41. The standard InChI is InChI=1S/C13H11N3O5/c17-11-5-4-10(12(18)14-11)15-6-8-7(13(15)19)2-1-3-9(8)16(20)21/h1-3,10H,4-6H2,(H,14,17,18)/i14+1. The Bertz CT molecular complexity index is 684. The zero-order chi connectivity index (χ0) is 15.1. The number of piperidine rings is 1. The highest BCUT2D eigenvalue weighted by atomic mass is 16.6. The lowest BCUT2D eigenvalue weighted by molar-refractivity contribution is -0.385. The van der Waals surface area contributed by atoms with Gasteiger partial charge in [-0.3, -0.25) is 29.8 Å². The van der Waals surface area contributed by atoms with E-state index in [0.29, 0.717) is 5.56 Å². The second kappa shape index (κ2) is 4.65. The third kappa shape index (κ3) is 2.04. The number of amides is 3. The van der Waals surface area contributed by atoms with Crippen LogP contribution in [0, 0.1) is 10.1 Å². The molecule has 8 nitrogen and oxygen atoms in total. The highest BCUT2D eigenvalue weighted by molar-refractivity contribution is 6.05. The molecular formula is C13H11N3O5. The van der Waals surface area contributed by atoms with Crippen LogP contribution in [0.15, 0.2) is 18.2 Å². The van der Waals surface area contributed by atoms with Crippen molar-refractivity contribution in [2.75, 3.05) is 0 Å². The smallest absolute Gasteiger partial charge is 0.275 e. The predicted molar refractivity (Wildman–Crippen MR) is 69.1 cm³/mol. The van der Waals surface area contributed by atoms with Crippen LogP contribution in [0.2, 0.25) is 0 Å². The predicted octanol–water partition coefficient (Wildman–Crippen LogP) is 0.356. The lowest BCUT2D eigenvalue weighted by Crippen LogP contribution is -2.52. The molecule has 0 spiro atoms. The van der Waals surface area contributed by atoms with Gasteiger partial charge in [0.25, 0.3) is 11.6 Å². The first-order chi connectivity index (χ1) is 9.99. The van der Waals surface area contributed by atoms with E-state index in [1.807, 2.05) is 0 Å². The summed E-state index contributed by atoms with van der Waals surface area (Å²) in [7, 11) is 0. The lowest BCUT2D eigenvalue weighted by atomic mass is 10.1. The summed E-state index contributed by atoms with van der Waals surface area (Å²) in [5, 5.41) is 13.2. The van der Waals surface area contributed by atoms with Crippen LogP contribution in [0.3, 0.4) is 0 Å². The molecule has 1 aromatic carbocycles. The average Bonchev–Trinajstić information content (AvgIpc) is 2.76. The van der Waals surface area contributed by atoms with Gasteiger partial charge in [-0.1, -0.05) is 6.07 Å². The molecule has 108 valence electrons. The fourth-order valence-corrected chi connectivity index (χ4v) is 2.74. The summed E-state index contributed by atoms with van der Waals surface area (Å²) in [5.41, 5.74) is 0.432. The third-order valence-electron chi connectivity index (χ3n) is 3.75. The van der Waals surface area contributed by atoms with E-state index in [1.165, 1.54) is 23.1 Å².